The average molecular weight is 618 g/mol. The van der Waals surface area contributed by atoms with Crippen molar-refractivity contribution in [3.05, 3.63) is 74.1 Å². The van der Waals surface area contributed by atoms with Crippen molar-refractivity contribution in [3.8, 4) is 11.1 Å². The van der Waals surface area contributed by atoms with Crippen molar-refractivity contribution >= 4 is 32.3 Å². The van der Waals surface area contributed by atoms with Crippen LogP contribution in [0.4, 0.5) is 0 Å². The number of allylic oxidation sites excluding steroid dienone is 4. The third kappa shape index (κ3) is 6.05. The minimum absolute atomic E-state index is 0. The summed E-state index contributed by atoms with van der Waals surface area (Å²) in [4.78, 5) is 0. The maximum atomic E-state index is 5.34. The van der Waals surface area contributed by atoms with Gasteiger partial charge in [-0.1, -0.05) is 0 Å². The molecule has 3 heteroatoms. The molecule has 0 radical (unpaired) electrons. The van der Waals surface area contributed by atoms with Crippen LogP contribution in [-0.4, -0.2) is 4.21 Å². The van der Waals surface area contributed by atoms with Crippen LogP contribution in [0.15, 0.2) is 51.8 Å². The molecule has 0 spiro atoms. The minimum atomic E-state index is -3.08. The SMILES string of the molecule is Cl.Cl.[CH2]=[Zr]([CH2]C1CCCCC1)([C]1=CC=CC1)[c]1cc(C(C)(C)C)cc2c1Cc1ccc(C(C)(C)C)cc1-2. The van der Waals surface area contributed by atoms with Crippen LogP contribution in [0, 0.1) is 5.92 Å². The molecule has 1 unspecified atom stereocenters. The van der Waals surface area contributed by atoms with E-state index < -0.39 is 19.8 Å². The third-order valence-corrected chi connectivity index (χ3v) is 19.7. The molecule has 2 aromatic carbocycles. The monoisotopic (exact) mass is 615 g/mol. The second-order valence-electron chi connectivity index (χ2n) is 13.7. The van der Waals surface area contributed by atoms with Gasteiger partial charge in [0.2, 0.25) is 0 Å². The standard InChI is InChI=1S/C21H25.C7H13.C5H5.CH2.2ClH.Zr/c1-20(2,3)16-9-7-14-11-15-8-10-17(21(4,5)6)13-19(15)18(14)12-16;1-7-5-3-2-4-6-7;1-2-4-5-3-1;;;;/h7,9-10,12-13H,11H2,1-6H3;7H,1-6H2;1-3H,4H2;1H2;2*1H;. The summed E-state index contributed by atoms with van der Waals surface area (Å²) in [5, 5.41) is 0. The van der Waals surface area contributed by atoms with Crippen molar-refractivity contribution < 1.29 is 19.8 Å². The van der Waals surface area contributed by atoms with E-state index in [9.17, 15) is 0 Å². The molecule has 0 nitrogen and oxygen atoms in total. The molecule has 201 valence electrons. The van der Waals surface area contributed by atoms with Crippen LogP contribution in [0.5, 0.6) is 0 Å². The first-order chi connectivity index (χ1) is 16.5. The molecule has 0 aliphatic heterocycles. The molecule has 1 saturated carbocycles. The normalized spacial score (nSPS) is 18.8. The van der Waals surface area contributed by atoms with Crippen molar-refractivity contribution in [2.24, 2.45) is 5.92 Å². The van der Waals surface area contributed by atoms with Gasteiger partial charge in [0.1, 0.15) is 0 Å². The van der Waals surface area contributed by atoms with E-state index in [2.05, 4.69) is 90.1 Å². The Morgan fingerprint density at radius 1 is 0.838 bits per heavy atom. The van der Waals surface area contributed by atoms with Crippen molar-refractivity contribution in [3.63, 3.8) is 0 Å². The van der Waals surface area contributed by atoms with Crippen LogP contribution in [0.1, 0.15) is 102 Å². The van der Waals surface area contributed by atoms with E-state index in [1.54, 1.807) is 12.1 Å². The van der Waals surface area contributed by atoms with E-state index in [-0.39, 0.29) is 35.6 Å². The molecule has 37 heavy (non-hydrogen) atoms. The fraction of sp³-hybridized carbons (Fsp3) is 0.500. The molecule has 0 bridgehead atoms. The predicted octanol–water partition coefficient (Wildman–Crippen LogP) is 9.75. The topological polar surface area (TPSA) is 0 Å². The number of halogens is 2. The average Bonchev–Trinajstić information content (AvgIpc) is 3.46. The van der Waals surface area contributed by atoms with E-state index in [1.807, 2.05) is 0 Å². The Morgan fingerprint density at radius 2 is 1.49 bits per heavy atom. The van der Waals surface area contributed by atoms with E-state index in [1.165, 1.54) is 64.1 Å². The third-order valence-electron chi connectivity index (χ3n) is 9.01. The first-order valence-electron chi connectivity index (χ1n) is 14.0. The Morgan fingerprint density at radius 3 is 2.08 bits per heavy atom. The number of rotatable bonds is 4. The van der Waals surface area contributed by atoms with E-state index in [0.717, 1.165) is 18.8 Å². The summed E-state index contributed by atoms with van der Waals surface area (Å²) >= 11 is -3.08. The maximum absolute atomic E-state index is 5.34. The zero-order valence-electron chi connectivity index (χ0n) is 23.9. The number of benzene rings is 2. The fourth-order valence-corrected chi connectivity index (χ4v) is 17.5. The van der Waals surface area contributed by atoms with Gasteiger partial charge in [-0.25, -0.2) is 0 Å². The van der Waals surface area contributed by atoms with Gasteiger partial charge < -0.3 is 0 Å². The first-order valence-corrected chi connectivity index (χ1v) is 19.9. The molecule has 0 amide bonds. The molecular formula is C34H47Cl2Zr. The van der Waals surface area contributed by atoms with Gasteiger partial charge in [-0.15, -0.1) is 24.8 Å². The molecule has 0 heterocycles. The molecule has 2 aromatic rings. The van der Waals surface area contributed by atoms with Gasteiger partial charge in [-0.2, -0.15) is 0 Å². The molecule has 1 fully saturated rings. The van der Waals surface area contributed by atoms with Gasteiger partial charge in [0, 0.05) is 0 Å². The van der Waals surface area contributed by atoms with E-state index in [0.29, 0.717) is 0 Å². The summed E-state index contributed by atoms with van der Waals surface area (Å²) in [7, 11) is 0. The summed E-state index contributed by atoms with van der Waals surface area (Å²) in [5.74, 6) is 0.878. The van der Waals surface area contributed by atoms with Gasteiger partial charge in [-0.05, 0) is 0 Å². The van der Waals surface area contributed by atoms with Gasteiger partial charge in [-0.3, -0.25) is 0 Å². The Balaban J connectivity index is 0.00000190. The zero-order chi connectivity index (χ0) is 25.0. The molecule has 0 N–H and O–H groups in total. The van der Waals surface area contributed by atoms with Crippen LogP contribution in [-0.2, 0) is 37.0 Å². The summed E-state index contributed by atoms with van der Waals surface area (Å²) in [6, 6.07) is 12.5. The molecule has 1 atom stereocenters. The van der Waals surface area contributed by atoms with Crippen molar-refractivity contribution in [1.82, 2.24) is 0 Å². The van der Waals surface area contributed by atoms with Crippen molar-refractivity contribution in [1.29, 1.82) is 0 Å². The molecule has 5 rings (SSSR count). The quantitative estimate of drug-likeness (QED) is 0.273. The number of fused-ring (bicyclic) bond motifs is 3. The second kappa shape index (κ2) is 11.4. The summed E-state index contributed by atoms with van der Waals surface area (Å²) in [6.07, 6.45) is 16.5. The van der Waals surface area contributed by atoms with Crippen LogP contribution >= 0.6 is 24.8 Å². The van der Waals surface area contributed by atoms with Gasteiger partial charge in [0.25, 0.3) is 0 Å². The molecule has 3 aliphatic carbocycles. The van der Waals surface area contributed by atoms with Crippen molar-refractivity contribution in [2.75, 3.05) is 0 Å². The van der Waals surface area contributed by atoms with E-state index in [4.69, 9.17) is 4.21 Å². The summed E-state index contributed by atoms with van der Waals surface area (Å²) < 4.78 is 10.2. The van der Waals surface area contributed by atoms with Gasteiger partial charge in [0.05, 0.1) is 0 Å². The summed E-state index contributed by atoms with van der Waals surface area (Å²) in [6.45, 7) is 14.2. The number of hydrogen-bond acceptors (Lipinski definition) is 0. The van der Waals surface area contributed by atoms with Crippen LogP contribution in [0.2, 0.25) is 4.13 Å². The Hall–Kier alpha value is -0.747. The predicted molar refractivity (Wildman–Crippen MR) is 167 cm³/mol. The van der Waals surface area contributed by atoms with E-state index >= 15 is 0 Å². The van der Waals surface area contributed by atoms with Gasteiger partial charge in [0.15, 0.2) is 0 Å². The fourth-order valence-electron chi connectivity index (χ4n) is 6.70. The molecule has 0 aromatic heterocycles. The van der Waals surface area contributed by atoms with Crippen molar-refractivity contribution in [2.45, 2.75) is 101 Å². The van der Waals surface area contributed by atoms with Crippen LogP contribution < -0.4 is 3.27 Å². The Labute approximate surface area is 243 Å². The first kappa shape index (κ1) is 30.8. The Kier molecular flexibility index (Phi) is 9.48. The van der Waals surface area contributed by atoms with Gasteiger partial charge >= 0.3 is 220 Å². The second-order valence-corrected chi connectivity index (χ2v) is 22.9. The van der Waals surface area contributed by atoms with Crippen LogP contribution in [0.25, 0.3) is 11.1 Å². The number of hydrogen-bond donors (Lipinski definition) is 0. The zero-order valence-corrected chi connectivity index (χ0v) is 28.0. The molecule has 3 aliphatic rings. The molecule has 0 saturated heterocycles. The Bertz CT molecular complexity index is 1240. The summed E-state index contributed by atoms with van der Waals surface area (Å²) in [5.41, 5.74) is 9.41. The van der Waals surface area contributed by atoms with Crippen LogP contribution in [0.3, 0.4) is 0 Å². The molecular weight excluding hydrogens is 571 g/mol.